The average Bonchev–Trinajstić information content (AvgIpc) is 2.75. The summed E-state index contributed by atoms with van der Waals surface area (Å²) in [6.07, 6.45) is 0.560. The van der Waals surface area contributed by atoms with Crippen molar-refractivity contribution in [2.75, 3.05) is 7.11 Å². The summed E-state index contributed by atoms with van der Waals surface area (Å²) >= 11 is 6.20. The second-order valence-corrected chi connectivity index (χ2v) is 5.48. The first-order chi connectivity index (χ1) is 9.93. The van der Waals surface area contributed by atoms with Crippen LogP contribution in [0.5, 0.6) is 5.75 Å². The molecule has 112 valence electrons. The van der Waals surface area contributed by atoms with Crippen molar-refractivity contribution in [1.82, 2.24) is 9.78 Å². The molecule has 0 unspecified atom stereocenters. The molecule has 0 bridgehead atoms. The van der Waals surface area contributed by atoms with Crippen molar-refractivity contribution in [3.05, 3.63) is 40.7 Å². The summed E-state index contributed by atoms with van der Waals surface area (Å²) in [5, 5.41) is 13.8. The number of methoxy groups -OCH3 is 1. The van der Waals surface area contributed by atoms with Crippen molar-refractivity contribution in [3.63, 3.8) is 0 Å². The van der Waals surface area contributed by atoms with Gasteiger partial charge in [0.1, 0.15) is 16.5 Å². The molecule has 5 nitrogen and oxygen atoms in total. The lowest BCUT2D eigenvalue weighted by atomic mass is 10.1. The van der Waals surface area contributed by atoms with E-state index >= 15 is 0 Å². The van der Waals surface area contributed by atoms with Gasteiger partial charge in [0.2, 0.25) is 0 Å². The van der Waals surface area contributed by atoms with E-state index in [1.165, 1.54) is 4.68 Å². The van der Waals surface area contributed by atoms with Gasteiger partial charge in [-0.2, -0.15) is 5.10 Å². The van der Waals surface area contributed by atoms with Gasteiger partial charge in [0.05, 0.1) is 18.5 Å². The Labute approximate surface area is 128 Å². The molecular weight excluding hydrogens is 292 g/mol. The van der Waals surface area contributed by atoms with Crippen LogP contribution in [0.2, 0.25) is 5.15 Å². The first-order valence-corrected chi connectivity index (χ1v) is 6.97. The first-order valence-electron chi connectivity index (χ1n) is 6.59. The predicted molar refractivity (Wildman–Crippen MR) is 80.6 cm³/mol. The van der Waals surface area contributed by atoms with E-state index < -0.39 is 5.97 Å². The highest BCUT2D eigenvalue weighted by Crippen LogP contribution is 2.26. The van der Waals surface area contributed by atoms with E-state index in [9.17, 15) is 9.90 Å². The molecule has 1 N–H and O–H groups in total. The van der Waals surface area contributed by atoms with Gasteiger partial charge in [0, 0.05) is 0 Å². The van der Waals surface area contributed by atoms with Gasteiger partial charge in [-0.05, 0) is 36.6 Å². The number of aromatic carboxylic acids is 1. The van der Waals surface area contributed by atoms with E-state index in [0.717, 1.165) is 0 Å². The van der Waals surface area contributed by atoms with Crippen LogP contribution >= 0.6 is 11.6 Å². The van der Waals surface area contributed by atoms with Gasteiger partial charge in [0.25, 0.3) is 0 Å². The maximum Gasteiger partial charge on any atom is 0.340 e. The highest BCUT2D eigenvalue weighted by atomic mass is 35.5. The third kappa shape index (κ3) is 3.19. The van der Waals surface area contributed by atoms with E-state index in [4.69, 9.17) is 16.3 Å². The van der Waals surface area contributed by atoms with Crippen LogP contribution in [0, 0.1) is 5.92 Å². The summed E-state index contributed by atoms with van der Waals surface area (Å²) in [6, 6.07) is 7.11. The van der Waals surface area contributed by atoms with Gasteiger partial charge in [-0.1, -0.05) is 25.4 Å². The summed E-state index contributed by atoms with van der Waals surface area (Å²) in [7, 11) is 1.58. The maximum absolute atomic E-state index is 11.4. The molecule has 0 saturated heterocycles. The Balaban J connectivity index is 2.50. The minimum absolute atomic E-state index is 0.0705. The van der Waals surface area contributed by atoms with Crippen LogP contribution in [0.25, 0.3) is 5.69 Å². The van der Waals surface area contributed by atoms with Crippen molar-refractivity contribution in [1.29, 1.82) is 0 Å². The SMILES string of the molecule is COc1ccc(-n2nc(CC(C)C)c(C(=O)O)c2Cl)cc1. The summed E-state index contributed by atoms with van der Waals surface area (Å²) in [4.78, 5) is 11.4. The van der Waals surface area contributed by atoms with Crippen molar-refractivity contribution >= 4 is 17.6 Å². The van der Waals surface area contributed by atoms with Gasteiger partial charge in [-0.25, -0.2) is 9.48 Å². The molecule has 0 atom stereocenters. The Morgan fingerprint density at radius 3 is 2.48 bits per heavy atom. The fourth-order valence-electron chi connectivity index (χ4n) is 2.08. The summed E-state index contributed by atoms with van der Waals surface area (Å²) in [6.45, 7) is 4.01. The molecule has 1 aromatic carbocycles. The highest BCUT2D eigenvalue weighted by Gasteiger charge is 2.23. The lowest BCUT2D eigenvalue weighted by molar-refractivity contribution is 0.0695. The van der Waals surface area contributed by atoms with E-state index in [-0.39, 0.29) is 10.7 Å². The highest BCUT2D eigenvalue weighted by molar-refractivity contribution is 6.33. The second kappa shape index (κ2) is 6.18. The Kier molecular flexibility index (Phi) is 4.53. The van der Waals surface area contributed by atoms with Crippen LogP contribution in [0.4, 0.5) is 0 Å². The van der Waals surface area contributed by atoms with Crippen LogP contribution < -0.4 is 4.74 Å². The van der Waals surface area contributed by atoms with Crippen LogP contribution in [-0.4, -0.2) is 28.0 Å². The number of carboxylic acids is 1. The van der Waals surface area contributed by atoms with Gasteiger partial charge in [-0.15, -0.1) is 0 Å². The number of carboxylic acid groups (broad SMARTS) is 1. The van der Waals surface area contributed by atoms with Crippen LogP contribution in [0.1, 0.15) is 29.9 Å². The number of benzene rings is 1. The first kappa shape index (κ1) is 15.4. The number of ether oxygens (including phenoxy) is 1. The molecule has 2 rings (SSSR count). The topological polar surface area (TPSA) is 64.4 Å². The van der Waals surface area contributed by atoms with Crippen molar-refractivity contribution in [3.8, 4) is 11.4 Å². The molecule has 2 aromatic rings. The number of aromatic nitrogens is 2. The zero-order chi connectivity index (χ0) is 15.6. The number of carbonyl (C=O) groups is 1. The van der Waals surface area contributed by atoms with Crippen molar-refractivity contribution in [2.45, 2.75) is 20.3 Å². The maximum atomic E-state index is 11.4. The zero-order valence-corrected chi connectivity index (χ0v) is 12.9. The van der Waals surface area contributed by atoms with Gasteiger partial charge < -0.3 is 9.84 Å². The van der Waals surface area contributed by atoms with Gasteiger partial charge in [0.15, 0.2) is 0 Å². The molecule has 0 radical (unpaired) electrons. The smallest absolute Gasteiger partial charge is 0.340 e. The monoisotopic (exact) mass is 308 g/mol. The summed E-state index contributed by atoms with van der Waals surface area (Å²) < 4.78 is 6.54. The van der Waals surface area contributed by atoms with Crippen LogP contribution in [0.3, 0.4) is 0 Å². The Bertz CT molecular complexity index is 648. The van der Waals surface area contributed by atoms with Gasteiger partial charge >= 0.3 is 5.97 Å². The largest absolute Gasteiger partial charge is 0.497 e. The molecule has 0 aliphatic heterocycles. The number of nitrogens with zero attached hydrogens (tertiary/aromatic N) is 2. The zero-order valence-electron chi connectivity index (χ0n) is 12.1. The Hall–Kier alpha value is -2.01. The predicted octanol–water partition coefficient (Wildman–Crippen LogP) is 3.43. The summed E-state index contributed by atoms with van der Waals surface area (Å²) in [5.74, 6) is -0.0586. The Morgan fingerprint density at radius 2 is 2.00 bits per heavy atom. The lowest BCUT2D eigenvalue weighted by Crippen LogP contribution is -2.03. The molecule has 1 heterocycles. The second-order valence-electron chi connectivity index (χ2n) is 5.13. The lowest BCUT2D eigenvalue weighted by Gasteiger charge is -2.04. The van der Waals surface area contributed by atoms with Gasteiger partial charge in [-0.3, -0.25) is 0 Å². The minimum atomic E-state index is -1.06. The van der Waals surface area contributed by atoms with Crippen molar-refractivity contribution < 1.29 is 14.6 Å². The van der Waals surface area contributed by atoms with E-state index in [1.54, 1.807) is 31.4 Å². The number of rotatable bonds is 5. The molecular formula is C15H17ClN2O3. The molecule has 21 heavy (non-hydrogen) atoms. The molecule has 0 fully saturated rings. The molecule has 0 saturated carbocycles. The molecule has 6 heteroatoms. The van der Waals surface area contributed by atoms with E-state index in [2.05, 4.69) is 5.10 Å². The number of halogens is 1. The van der Waals surface area contributed by atoms with Crippen LogP contribution in [0.15, 0.2) is 24.3 Å². The number of hydrogen-bond acceptors (Lipinski definition) is 3. The third-order valence-corrected chi connectivity index (χ3v) is 3.38. The third-order valence-electron chi connectivity index (χ3n) is 3.03. The average molecular weight is 309 g/mol. The fourth-order valence-corrected chi connectivity index (χ4v) is 2.40. The van der Waals surface area contributed by atoms with Crippen molar-refractivity contribution in [2.24, 2.45) is 5.92 Å². The number of hydrogen-bond donors (Lipinski definition) is 1. The molecule has 0 amide bonds. The van der Waals surface area contributed by atoms with E-state index in [1.807, 2.05) is 13.8 Å². The summed E-state index contributed by atoms with van der Waals surface area (Å²) in [5.41, 5.74) is 1.26. The van der Waals surface area contributed by atoms with Crippen LogP contribution in [-0.2, 0) is 6.42 Å². The molecule has 0 spiro atoms. The van der Waals surface area contributed by atoms with E-state index in [0.29, 0.717) is 29.5 Å². The normalized spacial score (nSPS) is 10.9. The Morgan fingerprint density at radius 1 is 1.38 bits per heavy atom. The molecule has 0 aliphatic rings. The standard InChI is InChI=1S/C15H17ClN2O3/c1-9(2)8-12-13(15(19)20)14(16)18(17-12)10-4-6-11(21-3)7-5-10/h4-7,9H,8H2,1-3H3,(H,19,20). The molecule has 1 aromatic heterocycles. The fraction of sp³-hybridized carbons (Fsp3) is 0.333. The minimum Gasteiger partial charge on any atom is -0.497 e. The quantitative estimate of drug-likeness (QED) is 0.919. The molecule has 0 aliphatic carbocycles.